The number of nitrogens with zero attached hydrogens (tertiary/aromatic N) is 3. The molecule has 3 heterocycles. The van der Waals surface area contributed by atoms with Gasteiger partial charge in [-0.25, -0.2) is 4.98 Å². The van der Waals surface area contributed by atoms with Crippen LogP contribution in [0.1, 0.15) is 36.6 Å². The van der Waals surface area contributed by atoms with Gasteiger partial charge < -0.3 is 15.0 Å². The van der Waals surface area contributed by atoms with Crippen molar-refractivity contribution in [2.75, 3.05) is 13.7 Å². The van der Waals surface area contributed by atoms with E-state index in [1.165, 1.54) is 5.69 Å². The standard InChI is InChI=1S/C15H23N5O/c1-5-20-10(3)14(9(2)19-20)13-8-17-15(18-13)12-6-11(21-4)7-16-12/h8,11-12,16H,5-7H2,1-4H3,(H,17,18). The summed E-state index contributed by atoms with van der Waals surface area (Å²) in [6, 6.07) is 0.241. The van der Waals surface area contributed by atoms with Crippen molar-refractivity contribution >= 4 is 0 Å². The summed E-state index contributed by atoms with van der Waals surface area (Å²) in [5.74, 6) is 0.979. The van der Waals surface area contributed by atoms with Gasteiger partial charge in [0, 0.05) is 31.5 Å². The molecular weight excluding hydrogens is 266 g/mol. The van der Waals surface area contributed by atoms with Crippen molar-refractivity contribution in [3.63, 3.8) is 0 Å². The first-order valence-electron chi connectivity index (χ1n) is 7.49. The molecule has 2 unspecified atom stereocenters. The van der Waals surface area contributed by atoms with E-state index < -0.39 is 0 Å². The number of hydrogen-bond donors (Lipinski definition) is 2. The van der Waals surface area contributed by atoms with Crippen molar-refractivity contribution in [3.05, 3.63) is 23.4 Å². The third-order valence-corrected chi connectivity index (χ3v) is 4.30. The highest BCUT2D eigenvalue weighted by atomic mass is 16.5. The Morgan fingerprint density at radius 1 is 1.43 bits per heavy atom. The van der Waals surface area contributed by atoms with Gasteiger partial charge in [0.25, 0.3) is 0 Å². The lowest BCUT2D eigenvalue weighted by Gasteiger charge is -2.07. The van der Waals surface area contributed by atoms with Crippen LogP contribution in [0, 0.1) is 13.8 Å². The second-order valence-electron chi connectivity index (χ2n) is 5.60. The SMILES string of the molecule is CCn1nc(C)c(-c2cnc(C3CC(OC)CN3)[nH]2)c1C. The smallest absolute Gasteiger partial charge is 0.123 e. The molecule has 2 N–H and O–H groups in total. The van der Waals surface area contributed by atoms with Crippen LogP contribution in [0.15, 0.2) is 6.20 Å². The Kier molecular flexibility index (Phi) is 3.82. The second-order valence-corrected chi connectivity index (χ2v) is 5.60. The Bertz CT molecular complexity index is 630. The van der Waals surface area contributed by atoms with Gasteiger partial charge in [-0.3, -0.25) is 4.68 Å². The fourth-order valence-electron chi connectivity index (χ4n) is 3.13. The summed E-state index contributed by atoms with van der Waals surface area (Å²) in [6.45, 7) is 8.02. The molecule has 114 valence electrons. The number of H-pyrrole nitrogens is 1. The summed E-state index contributed by atoms with van der Waals surface area (Å²) in [5, 5.41) is 8.02. The molecule has 21 heavy (non-hydrogen) atoms. The highest BCUT2D eigenvalue weighted by Crippen LogP contribution is 2.28. The van der Waals surface area contributed by atoms with Crippen molar-refractivity contribution < 1.29 is 4.74 Å². The number of imidazole rings is 1. The third-order valence-electron chi connectivity index (χ3n) is 4.30. The van der Waals surface area contributed by atoms with Crippen LogP contribution in [0.4, 0.5) is 0 Å². The zero-order valence-corrected chi connectivity index (χ0v) is 13.1. The van der Waals surface area contributed by atoms with Crippen molar-refractivity contribution in [2.24, 2.45) is 0 Å². The zero-order valence-electron chi connectivity index (χ0n) is 13.1. The number of hydrogen-bond acceptors (Lipinski definition) is 4. The van der Waals surface area contributed by atoms with Crippen LogP contribution in [0.5, 0.6) is 0 Å². The zero-order chi connectivity index (χ0) is 15.0. The third kappa shape index (κ3) is 2.49. The Morgan fingerprint density at radius 3 is 2.86 bits per heavy atom. The van der Waals surface area contributed by atoms with Crippen molar-refractivity contribution in [2.45, 2.75) is 45.9 Å². The molecule has 0 radical (unpaired) electrons. The van der Waals surface area contributed by atoms with E-state index in [4.69, 9.17) is 4.74 Å². The van der Waals surface area contributed by atoms with Gasteiger partial charge in [-0.15, -0.1) is 0 Å². The number of ether oxygens (including phenoxy) is 1. The van der Waals surface area contributed by atoms with Crippen LogP contribution in [0.3, 0.4) is 0 Å². The highest BCUT2D eigenvalue weighted by Gasteiger charge is 2.27. The molecule has 1 saturated heterocycles. The summed E-state index contributed by atoms with van der Waals surface area (Å²) in [5.41, 5.74) is 4.43. The Balaban J connectivity index is 1.87. The van der Waals surface area contributed by atoms with Crippen LogP contribution < -0.4 is 5.32 Å². The molecule has 0 spiro atoms. The Morgan fingerprint density at radius 2 is 2.24 bits per heavy atom. The maximum Gasteiger partial charge on any atom is 0.123 e. The molecule has 2 atom stereocenters. The largest absolute Gasteiger partial charge is 0.380 e. The minimum absolute atomic E-state index is 0.241. The maximum absolute atomic E-state index is 5.39. The van der Waals surface area contributed by atoms with Gasteiger partial charge in [-0.2, -0.15) is 5.10 Å². The van der Waals surface area contributed by atoms with E-state index in [0.29, 0.717) is 0 Å². The minimum Gasteiger partial charge on any atom is -0.380 e. The van der Waals surface area contributed by atoms with Crippen LogP contribution >= 0.6 is 0 Å². The van der Waals surface area contributed by atoms with E-state index in [-0.39, 0.29) is 12.1 Å². The predicted molar refractivity (Wildman–Crippen MR) is 81.1 cm³/mol. The molecule has 3 rings (SSSR count). The fraction of sp³-hybridized carbons (Fsp3) is 0.600. The topological polar surface area (TPSA) is 67.8 Å². The number of aromatic nitrogens is 4. The first-order valence-corrected chi connectivity index (χ1v) is 7.49. The number of methoxy groups -OCH3 is 1. The average Bonchev–Trinajstić information content (AvgIpc) is 3.17. The summed E-state index contributed by atoms with van der Waals surface area (Å²) in [6.07, 6.45) is 3.14. The molecule has 2 aromatic heterocycles. The maximum atomic E-state index is 5.39. The average molecular weight is 289 g/mol. The minimum atomic E-state index is 0.241. The van der Waals surface area contributed by atoms with E-state index in [0.717, 1.165) is 42.3 Å². The lowest BCUT2D eigenvalue weighted by molar-refractivity contribution is 0.117. The van der Waals surface area contributed by atoms with Gasteiger partial charge in [0.2, 0.25) is 0 Å². The Labute approximate surface area is 124 Å². The molecule has 1 aliphatic heterocycles. The van der Waals surface area contributed by atoms with Crippen molar-refractivity contribution in [3.8, 4) is 11.3 Å². The van der Waals surface area contributed by atoms with Gasteiger partial charge >= 0.3 is 0 Å². The number of rotatable bonds is 4. The van der Waals surface area contributed by atoms with Gasteiger partial charge in [-0.1, -0.05) is 0 Å². The van der Waals surface area contributed by atoms with Crippen molar-refractivity contribution in [1.29, 1.82) is 0 Å². The molecule has 0 bridgehead atoms. The highest BCUT2D eigenvalue weighted by molar-refractivity contribution is 5.64. The fourth-order valence-corrected chi connectivity index (χ4v) is 3.13. The van der Waals surface area contributed by atoms with Gasteiger partial charge in [0.1, 0.15) is 5.82 Å². The van der Waals surface area contributed by atoms with E-state index in [2.05, 4.69) is 34.2 Å². The van der Waals surface area contributed by atoms with E-state index in [1.54, 1.807) is 7.11 Å². The first-order chi connectivity index (χ1) is 10.1. The lowest BCUT2D eigenvalue weighted by atomic mass is 10.1. The van der Waals surface area contributed by atoms with E-state index in [1.807, 2.05) is 17.8 Å². The summed E-state index contributed by atoms with van der Waals surface area (Å²) in [4.78, 5) is 8.00. The summed E-state index contributed by atoms with van der Waals surface area (Å²) in [7, 11) is 1.76. The van der Waals surface area contributed by atoms with Crippen molar-refractivity contribution in [1.82, 2.24) is 25.1 Å². The second kappa shape index (κ2) is 5.61. The molecule has 1 fully saturated rings. The Hall–Kier alpha value is -1.66. The molecule has 0 aromatic carbocycles. The molecule has 6 nitrogen and oxygen atoms in total. The number of aryl methyl sites for hydroxylation is 2. The summed E-state index contributed by atoms with van der Waals surface area (Å²) < 4.78 is 7.42. The lowest BCUT2D eigenvalue weighted by Crippen LogP contribution is -2.16. The predicted octanol–water partition coefficient (Wildman–Crippen LogP) is 1.96. The molecule has 0 saturated carbocycles. The molecular formula is C15H23N5O. The summed E-state index contributed by atoms with van der Waals surface area (Å²) >= 11 is 0. The molecule has 6 heteroatoms. The van der Waals surface area contributed by atoms with Gasteiger partial charge in [0.15, 0.2) is 0 Å². The van der Waals surface area contributed by atoms with Crippen LogP contribution in [-0.4, -0.2) is 39.5 Å². The van der Waals surface area contributed by atoms with Crippen LogP contribution in [0.25, 0.3) is 11.3 Å². The van der Waals surface area contributed by atoms with E-state index >= 15 is 0 Å². The normalized spacial score (nSPS) is 22.1. The van der Waals surface area contributed by atoms with Crippen LogP contribution in [0.2, 0.25) is 0 Å². The number of aromatic amines is 1. The molecule has 2 aromatic rings. The van der Waals surface area contributed by atoms with E-state index in [9.17, 15) is 0 Å². The first kappa shape index (κ1) is 14.3. The van der Waals surface area contributed by atoms with Gasteiger partial charge in [0.05, 0.1) is 29.7 Å². The molecule has 0 amide bonds. The monoisotopic (exact) mass is 289 g/mol. The van der Waals surface area contributed by atoms with Gasteiger partial charge in [-0.05, 0) is 27.2 Å². The van der Waals surface area contributed by atoms with Crippen LogP contribution in [-0.2, 0) is 11.3 Å². The molecule has 0 aliphatic carbocycles. The molecule has 1 aliphatic rings. The quantitative estimate of drug-likeness (QED) is 0.903. The number of nitrogens with one attached hydrogen (secondary N) is 2.